The van der Waals surface area contributed by atoms with Gasteiger partial charge in [0.2, 0.25) is 0 Å². The molecule has 1 heterocycles. The number of hydrazone groups is 1. The lowest BCUT2D eigenvalue weighted by atomic mass is 9.96. The minimum Gasteiger partial charge on any atom is -0.359 e. The Morgan fingerprint density at radius 2 is 2.04 bits per heavy atom. The van der Waals surface area contributed by atoms with Crippen molar-refractivity contribution in [3.63, 3.8) is 0 Å². The largest absolute Gasteiger partial charge is 0.359 e. The first-order valence-corrected chi connectivity index (χ1v) is 9.78. The van der Waals surface area contributed by atoms with Gasteiger partial charge in [0.25, 0.3) is 0 Å². The van der Waals surface area contributed by atoms with E-state index in [2.05, 4.69) is 33.1 Å². The number of benzene rings is 1. The van der Waals surface area contributed by atoms with E-state index in [4.69, 9.17) is 23.8 Å². The molecular weight excluding hydrogens is 366 g/mol. The zero-order chi connectivity index (χ0) is 18.4. The molecule has 0 atom stereocenters. The monoisotopic (exact) mass is 389 g/mol. The van der Waals surface area contributed by atoms with Crippen molar-refractivity contribution in [3.05, 3.63) is 52.3 Å². The summed E-state index contributed by atoms with van der Waals surface area (Å²) in [6.07, 6.45) is 7.87. The van der Waals surface area contributed by atoms with Gasteiger partial charge in [0.1, 0.15) is 5.15 Å². The van der Waals surface area contributed by atoms with Crippen LogP contribution in [0, 0.1) is 6.92 Å². The molecule has 2 aromatic rings. The van der Waals surface area contributed by atoms with Crippen LogP contribution in [-0.2, 0) is 6.54 Å². The first-order valence-electron chi connectivity index (χ1n) is 9.00. The molecule has 1 aliphatic carbocycles. The molecular formula is C19H24ClN5S. The van der Waals surface area contributed by atoms with E-state index in [-0.39, 0.29) is 0 Å². The lowest BCUT2D eigenvalue weighted by Gasteiger charge is -2.23. The maximum atomic E-state index is 6.48. The Morgan fingerprint density at radius 3 is 2.77 bits per heavy atom. The summed E-state index contributed by atoms with van der Waals surface area (Å²) in [6.45, 7) is 2.55. The van der Waals surface area contributed by atoms with Crippen LogP contribution in [0.3, 0.4) is 0 Å². The lowest BCUT2D eigenvalue weighted by molar-refractivity contribution is 0.412. The average Bonchev–Trinajstić information content (AvgIpc) is 2.91. The van der Waals surface area contributed by atoms with Gasteiger partial charge in [-0.2, -0.15) is 10.2 Å². The Morgan fingerprint density at radius 1 is 1.31 bits per heavy atom. The zero-order valence-corrected chi connectivity index (χ0v) is 16.5. The highest BCUT2D eigenvalue weighted by Gasteiger charge is 2.14. The first-order chi connectivity index (χ1) is 12.6. The number of aromatic nitrogens is 2. The van der Waals surface area contributed by atoms with Crippen molar-refractivity contribution in [2.75, 3.05) is 0 Å². The summed E-state index contributed by atoms with van der Waals surface area (Å²) >= 11 is 11.8. The quantitative estimate of drug-likeness (QED) is 0.460. The van der Waals surface area contributed by atoms with Crippen molar-refractivity contribution in [1.82, 2.24) is 20.5 Å². The van der Waals surface area contributed by atoms with Crippen LogP contribution in [0.1, 0.15) is 48.9 Å². The van der Waals surface area contributed by atoms with E-state index in [1.165, 1.54) is 32.1 Å². The Hall–Kier alpha value is -1.92. The second kappa shape index (κ2) is 9.14. The highest BCUT2D eigenvalue weighted by molar-refractivity contribution is 7.80. The Balaban J connectivity index is 1.58. The highest BCUT2D eigenvalue weighted by Crippen LogP contribution is 2.19. The summed E-state index contributed by atoms with van der Waals surface area (Å²) in [5, 5.41) is 13.2. The van der Waals surface area contributed by atoms with Gasteiger partial charge in [0.05, 0.1) is 24.0 Å². The van der Waals surface area contributed by atoms with Gasteiger partial charge in [-0.25, -0.2) is 4.68 Å². The molecule has 2 N–H and O–H groups in total. The summed E-state index contributed by atoms with van der Waals surface area (Å²) in [6, 6.07) is 10.6. The molecule has 1 aromatic heterocycles. The van der Waals surface area contributed by atoms with Gasteiger partial charge in [-0.3, -0.25) is 5.43 Å². The molecule has 1 saturated carbocycles. The van der Waals surface area contributed by atoms with Crippen LogP contribution in [0.4, 0.5) is 0 Å². The van der Waals surface area contributed by atoms with Gasteiger partial charge >= 0.3 is 0 Å². The lowest BCUT2D eigenvalue weighted by Crippen LogP contribution is -2.40. The second-order valence-electron chi connectivity index (χ2n) is 6.61. The maximum absolute atomic E-state index is 6.48. The fourth-order valence-electron chi connectivity index (χ4n) is 3.19. The number of thiocarbonyl (C=S) groups is 1. The average molecular weight is 390 g/mol. The van der Waals surface area contributed by atoms with Crippen LogP contribution in [0.25, 0.3) is 0 Å². The smallest absolute Gasteiger partial charge is 0.187 e. The van der Waals surface area contributed by atoms with Gasteiger partial charge < -0.3 is 5.32 Å². The molecule has 3 rings (SSSR count). The summed E-state index contributed by atoms with van der Waals surface area (Å²) < 4.78 is 1.78. The van der Waals surface area contributed by atoms with E-state index in [0.29, 0.717) is 22.9 Å². The fourth-order valence-corrected chi connectivity index (χ4v) is 3.70. The number of aryl methyl sites for hydroxylation is 1. The van der Waals surface area contributed by atoms with Crippen molar-refractivity contribution < 1.29 is 0 Å². The summed E-state index contributed by atoms with van der Waals surface area (Å²) in [5.41, 5.74) is 5.67. The molecule has 0 unspecified atom stereocenters. The van der Waals surface area contributed by atoms with Crippen LogP contribution in [-0.4, -0.2) is 27.1 Å². The van der Waals surface area contributed by atoms with Crippen molar-refractivity contribution in [1.29, 1.82) is 0 Å². The molecule has 26 heavy (non-hydrogen) atoms. The fraction of sp³-hybridized carbons (Fsp3) is 0.421. The van der Waals surface area contributed by atoms with Crippen molar-refractivity contribution in [2.45, 2.75) is 51.6 Å². The Labute approximate surface area is 164 Å². The van der Waals surface area contributed by atoms with E-state index >= 15 is 0 Å². The van der Waals surface area contributed by atoms with E-state index in [1.54, 1.807) is 10.9 Å². The molecule has 138 valence electrons. The predicted molar refractivity (Wildman–Crippen MR) is 111 cm³/mol. The van der Waals surface area contributed by atoms with Gasteiger partial charge in [-0.15, -0.1) is 0 Å². The van der Waals surface area contributed by atoms with Crippen LogP contribution >= 0.6 is 23.8 Å². The molecule has 0 radical (unpaired) electrons. The SMILES string of the molecule is Cc1nn(Cc2ccccc2)c(Cl)c1/C=N/NC(=S)NC1CCCCC1. The standard InChI is InChI=1S/C19H24ClN5S/c1-14-17(12-21-23-19(26)22-16-10-6-3-7-11-16)18(20)25(24-14)13-15-8-4-2-5-9-15/h2,4-5,8-9,12,16H,3,6-7,10-11,13H2,1H3,(H2,22,23,26)/b21-12+. The van der Waals surface area contributed by atoms with Gasteiger partial charge in [0, 0.05) is 6.04 Å². The topological polar surface area (TPSA) is 54.2 Å². The molecule has 0 aliphatic heterocycles. The van der Waals surface area contributed by atoms with E-state index < -0.39 is 0 Å². The van der Waals surface area contributed by atoms with Gasteiger partial charge in [-0.05, 0) is 37.5 Å². The highest BCUT2D eigenvalue weighted by atomic mass is 35.5. The summed E-state index contributed by atoms with van der Waals surface area (Å²) in [7, 11) is 0. The van der Waals surface area contributed by atoms with Crippen molar-refractivity contribution in [2.24, 2.45) is 5.10 Å². The van der Waals surface area contributed by atoms with E-state index in [9.17, 15) is 0 Å². The molecule has 0 amide bonds. The first kappa shape index (κ1) is 18.9. The molecule has 1 aromatic carbocycles. The van der Waals surface area contributed by atoms with E-state index in [0.717, 1.165) is 16.8 Å². The molecule has 0 saturated heterocycles. The molecule has 5 nitrogen and oxygen atoms in total. The van der Waals surface area contributed by atoms with Gasteiger partial charge in [0.15, 0.2) is 5.11 Å². The number of hydrogen-bond acceptors (Lipinski definition) is 3. The molecule has 0 spiro atoms. The number of rotatable bonds is 5. The third kappa shape index (κ3) is 5.05. The number of nitrogens with one attached hydrogen (secondary N) is 2. The Kier molecular flexibility index (Phi) is 6.63. The van der Waals surface area contributed by atoms with Crippen molar-refractivity contribution >= 4 is 35.1 Å². The van der Waals surface area contributed by atoms with Crippen LogP contribution < -0.4 is 10.7 Å². The zero-order valence-electron chi connectivity index (χ0n) is 14.9. The van der Waals surface area contributed by atoms with Crippen LogP contribution in [0.5, 0.6) is 0 Å². The number of hydrogen-bond donors (Lipinski definition) is 2. The maximum Gasteiger partial charge on any atom is 0.187 e. The normalized spacial score (nSPS) is 15.3. The third-order valence-corrected chi connectivity index (χ3v) is 5.19. The van der Waals surface area contributed by atoms with E-state index in [1.807, 2.05) is 25.1 Å². The number of halogens is 1. The van der Waals surface area contributed by atoms with Crippen LogP contribution in [0.15, 0.2) is 35.4 Å². The summed E-state index contributed by atoms with van der Waals surface area (Å²) in [4.78, 5) is 0. The Bertz CT molecular complexity index is 766. The molecule has 1 aliphatic rings. The van der Waals surface area contributed by atoms with Crippen molar-refractivity contribution in [3.8, 4) is 0 Å². The second-order valence-corrected chi connectivity index (χ2v) is 7.38. The predicted octanol–water partition coefficient (Wildman–Crippen LogP) is 4.02. The van der Waals surface area contributed by atoms with Crippen LogP contribution in [0.2, 0.25) is 5.15 Å². The molecule has 1 fully saturated rings. The minimum absolute atomic E-state index is 0.456. The minimum atomic E-state index is 0.456. The third-order valence-electron chi connectivity index (χ3n) is 4.58. The summed E-state index contributed by atoms with van der Waals surface area (Å²) in [5.74, 6) is 0. The molecule has 7 heteroatoms. The molecule has 0 bridgehead atoms. The van der Waals surface area contributed by atoms with Gasteiger partial charge in [-0.1, -0.05) is 61.2 Å². The number of nitrogens with zero attached hydrogens (tertiary/aromatic N) is 3.